The van der Waals surface area contributed by atoms with Gasteiger partial charge in [0, 0.05) is 11.5 Å². The Labute approximate surface area is 95.6 Å². The molecule has 1 N–H and O–H groups in total. The van der Waals surface area contributed by atoms with Gasteiger partial charge in [-0.3, -0.25) is 0 Å². The molecule has 1 aromatic heterocycles. The van der Waals surface area contributed by atoms with E-state index >= 15 is 0 Å². The van der Waals surface area contributed by atoms with Crippen LogP contribution in [0.25, 0.3) is 5.69 Å². The second-order valence-corrected chi connectivity index (χ2v) is 4.01. The highest BCUT2D eigenvalue weighted by molar-refractivity contribution is 9.10. The van der Waals surface area contributed by atoms with Gasteiger partial charge in [-0.25, -0.2) is 0 Å². The van der Waals surface area contributed by atoms with E-state index in [-0.39, 0.29) is 0 Å². The summed E-state index contributed by atoms with van der Waals surface area (Å²) >= 11 is 3.45. The van der Waals surface area contributed by atoms with E-state index in [1.807, 2.05) is 26.1 Å². The summed E-state index contributed by atoms with van der Waals surface area (Å²) < 4.78 is 1.02. The molecular weight excluding hydrogens is 258 g/mol. The topological polar surface area (TPSA) is 55.6 Å². The Morgan fingerprint density at radius 3 is 2.80 bits per heavy atom. The number of aryl methyl sites for hydroxylation is 1. The maximum atomic E-state index is 4.02. The van der Waals surface area contributed by atoms with Crippen molar-refractivity contribution >= 4 is 21.6 Å². The number of nitrogens with zero attached hydrogens (tertiary/aromatic N) is 4. The van der Waals surface area contributed by atoms with Crippen LogP contribution in [0.15, 0.2) is 22.9 Å². The van der Waals surface area contributed by atoms with E-state index in [9.17, 15) is 0 Å². The van der Waals surface area contributed by atoms with Crippen molar-refractivity contribution in [1.82, 2.24) is 20.2 Å². The fourth-order valence-corrected chi connectivity index (χ4v) is 2.03. The number of anilines is 1. The smallest absolute Gasteiger partial charge is 0.162 e. The third kappa shape index (κ3) is 1.85. The Hall–Kier alpha value is -1.43. The van der Waals surface area contributed by atoms with Gasteiger partial charge in [-0.1, -0.05) is 15.9 Å². The van der Waals surface area contributed by atoms with E-state index in [0.717, 1.165) is 21.4 Å². The minimum atomic E-state index is 0.915. The van der Waals surface area contributed by atoms with Gasteiger partial charge in [0.2, 0.25) is 0 Å². The first-order valence-corrected chi connectivity index (χ1v) is 5.23. The Bertz CT molecular complexity index is 466. The lowest BCUT2D eigenvalue weighted by Crippen LogP contribution is -2.06. The fraction of sp³-hybridized carbons (Fsp3) is 0.222. The maximum absolute atomic E-state index is 4.02. The Morgan fingerprint density at radius 2 is 2.20 bits per heavy atom. The SMILES string of the molecule is CNc1cc(Br)cc(C)c1-n1ncnn1. The number of hydrogen-bond donors (Lipinski definition) is 1. The number of benzene rings is 1. The molecule has 2 aromatic rings. The van der Waals surface area contributed by atoms with E-state index in [1.54, 1.807) is 0 Å². The summed E-state index contributed by atoms with van der Waals surface area (Å²) in [5.41, 5.74) is 2.95. The molecule has 0 atom stereocenters. The predicted octanol–water partition coefficient (Wildman–Crippen LogP) is 1.77. The van der Waals surface area contributed by atoms with Gasteiger partial charge in [0.1, 0.15) is 5.69 Å². The van der Waals surface area contributed by atoms with Crippen molar-refractivity contribution in [3.05, 3.63) is 28.5 Å². The lowest BCUT2D eigenvalue weighted by Gasteiger charge is -2.11. The zero-order valence-electron chi connectivity index (χ0n) is 8.40. The molecule has 0 saturated heterocycles. The number of hydrogen-bond acceptors (Lipinski definition) is 4. The zero-order chi connectivity index (χ0) is 10.8. The van der Waals surface area contributed by atoms with Crippen LogP contribution in [0.2, 0.25) is 0 Å². The van der Waals surface area contributed by atoms with Crippen LogP contribution in [0.4, 0.5) is 5.69 Å². The van der Waals surface area contributed by atoms with E-state index in [2.05, 4.69) is 36.7 Å². The lowest BCUT2D eigenvalue weighted by molar-refractivity contribution is 0.717. The number of tetrazole rings is 1. The Balaban J connectivity index is 2.64. The molecule has 0 radical (unpaired) electrons. The first-order chi connectivity index (χ1) is 7.22. The highest BCUT2D eigenvalue weighted by Gasteiger charge is 2.10. The van der Waals surface area contributed by atoms with Crippen molar-refractivity contribution in [2.75, 3.05) is 12.4 Å². The molecule has 6 heteroatoms. The second-order valence-electron chi connectivity index (χ2n) is 3.09. The minimum absolute atomic E-state index is 0.915. The molecule has 0 bridgehead atoms. The molecule has 78 valence electrons. The van der Waals surface area contributed by atoms with Crippen LogP contribution >= 0.6 is 15.9 Å². The molecule has 0 fully saturated rings. The Morgan fingerprint density at radius 1 is 1.40 bits per heavy atom. The van der Waals surface area contributed by atoms with Gasteiger partial charge < -0.3 is 5.32 Å². The molecule has 1 aromatic carbocycles. The number of halogens is 1. The molecule has 0 spiro atoms. The highest BCUT2D eigenvalue weighted by atomic mass is 79.9. The standard InChI is InChI=1S/C9H10BrN5/c1-6-3-7(10)4-8(11-2)9(6)15-13-5-12-14-15/h3-5,11H,1-2H3. The minimum Gasteiger partial charge on any atom is -0.386 e. The number of aromatic nitrogens is 4. The van der Waals surface area contributed by atoms with Crippen molar-refractivity contribution < 1.29 is 0 Å². The second kappa shape index (κ2) is 3.98. The summed E-state index contributed by atoms with van der Waals surface area (Å²) in [5, 5.41) is 14.7. The first kappa shape index (κ1) is 10.1. The zero-order valence-corrected chi connectivity index (χ0v) is 9.98. The maximum Gasteiger partial charge on any atom is 0.162 e. The van der Waals surface area contributed by atoms with E-state index in [0.29, 0.717) is 0 Å². The molecule has 5 nitrogen and oxygen atoms in total. The normalized spacial score (nSPS) is 10.3. The van der Waals surface area contributed by atoms with Gasteiger partial charge in [0.25, 0.3) is 0 Å². The molecule has 0 saturated carbocycles. The van der Waals surface area contributed by atoms with Crippen molar-refractivity contribution in [1.29, 1.82) is 0 Å². The quantitative estimate of drug-likeness (QED) is 0.901. The molecule has 0 aliphatic heterocycles. The highest BCUT2D eigenvalue weighted by Crippen LogP contribution is 2.27. The largest absolute Gasteiger partial charge is 0.386 e. The van der Waals surface area contributed by atoms with Crippen molar-refractivity contribution in [3.63, 3.8) is 0 Å². The molecule has 0 amide bonds. The van der Waals surface area contributed by atoms with Crippen molar-refractivity contribution in [2.45, 2.75) is 6.92 Å². The number of rotatable bonds is 2. The van der Waals surface area contributed by atoms with Gasteiger partial charge in [0.15, 0.2) is 6.33 Å². The molecule has 0 unspecified atom stereocenters. The van der Waals surface area contributed by atoms with Crippen LogP contribution < -0.4 is 5.32 Å². The Kier molecular flexibility index (Phi) is 2.68. The monoisotopic (exact) mass is 267 g/mol. The van der Waals surface area contributed by atoms with Crippen molar-refractivity contribution in [2.24, 2.45) is 0 Å². The average molecular weight is 268 g/mol. The van der Waals surface area contributed by atoms with Crippen LogP contribution in [0.1, 0.15) is 5.56 Å². The summed E-state index contributed by atoms with van der Waals surface area (Å²) in [4.78, 5) is 1.51. The van der Waals surface area contributed by atoms with E-state index < -0.39 is 0 Å². The summed E-state index contributed by atoms with van der Waals surface area (Å²) in [5.74, 6) is 0. The molecule has 2 rings (SSSR count). The van der Waals surface area contributed by atoms with E-state index in [4.69, 9.17) is 0 Å². The predicted molar refractivity (Wildman–Crippen MR) is 61.1 cm³/mol. The lowest BCUT2D eigenvalue weighted by atomic mass is 10.1. The average Bonchev–Trinajstić information content (AvgIpc) is 2.69. The number of nitrogens with one attached hydrogen (secondary N) is 1. The summed E-state index contributed by atoms with van der Waals surface area (Å²) in [6.45, 7) is 2.00. The van der Waals surface area contributed by atoms with Gasteiger partial charge in [-0.05, 0) is 29.8 Å². The van der Waals surface area contributed by atoms with Crippen molar-refractivity contribution in [3.8, 4) is 5.69 Å². The molecule has 0 aliphatic rings. The molecule has 15 heavy (non-hydrogen) atoms. The van der Waals surface area contributed by atoms with Gasteiger partial charge in [-0.15, -0.1) is 15.0 Å². The third-order valence-corrected chi connectivity index (χ3v) is 2.54. The van der Waals surface area contributed by atoms with Gasteiger partial charge in [0.05, 0.1) is 5.69 Å². The first-order valence-electron chi connectivity index (χ1n) is 4.43. The molecule has 0 aliphatic carbocycles. The van der Waals surface area contributed by atoms with Crippen LogP contribution in [-0.2, 0) is 0 Å². The van der Waals surface area contributed by atoms with Gasteiger partial charge in [-0.2, -0.15) is 0 Å². The summed E-state index contributed by atoms with van der Waals surface area (Å²) in [6.07, 6.45) is 1.42. The fourth-order valence-electron chi connectivity index (χ4n) is 1.46. The summed E-state index contributed by atoms with van der Waals surface area (Å²) in [7, 11) is 1.86. The molecule has 1 heterocycles. The van der Waals surface area contributed by atoms with Crippen LogP contribution in [0.3, 0.4) is 0 Å². The third-order valence-electron chi connectivity index (χ3n) is 2.08. The van der Waals surface area contributed by atoms with Crippen LogP contribution in [0.5, 0.6) is 0 Å². The van der Waals surface area contributed by atoms with E-state index in [1.165, 1.54) is 11.1 Å². The molecular formula is C9H10BrN5. The van der Waals surface area contributed by atoms with Gasteiger partial charge >= 0.3 is 0 Å². The summed E-state index contributed by atoms with van der Waals surface area (Å²) in [6, 6.07) is 3.99. The van der Waals surface area contributed by atoms with Crippen LogP contribution in [0, 0.1) is 6.92 Å². The van der Waals surface area contributed by atoms with Crippen LogP contribution in [-0.4, -0.2) is 27.3 Å².